The molecule has 2 aromatic carbocycles. The third kappa shape index (κ3) is 4.26. The van der Waals surface area contributed by atoms with E-state index in [0.29, 0.717) is 50.6 Å². The summed E-state index contributed by atoms with van der Waals surface area (Å²) >= 11 is 12.8. The molecular weight excluding hydrogens is 451 g/mol. The van der Waals surface area contributed by atoms with Crippen LogP contribution in [0.4, 0.5) is 0 Å². The molecule has 0 spiro atoms. The van der Waals surface area contributed by atoms with Crippen LogP contribution >= 0.6 is 23.2 Å². The highest BCUT2D eigenvalue weighted by Crippen LogP contribution is 2.34. The second-order valence-electron chi connectivity index (χ2n) is 7.79. The monoisotopic (exact) mass is 470 g/mol. The number of halogens is 2. The lowest BCUT2D eigenvalue weighted by Gasteiger charge is -2.11. The Kier molecular flexibility index (Phi) is 6.04. The van der Waals surface area contributed by atoms with Crippen LogP contribution in [0.1, 0.15) is 42.4 Å². The average Bonchev–Trinajstić information content (AvgIpc) is 3.09. The van der Waals surface area contributed by atoms with Crippen molar-refractivity contribution in [3.63, 3.8) is 0 Å². The van der Waals surface area contributed by atoms with Crippen LogP contribution in [0.25, 0.3) is 17.1 Å². The van der Waals surface area contributed by atoms with E-state index in [9.17, 15) is 9.59 Å². The van der Waals surface area contributed by atoms with Crippen molar-refractivity contribution in [1.29, 1.82) is 0 Å². The number of hydrogen-bond acceptors (Lipinski definition) is 4. The van der Waals surface area contributed by atoms with Gasteiger partial charge in [-0.25, -0.2) is 9.67 Å². The predicted octanol–water partition coefficient (Wildman–Crippen LogP) is 4.71. The van der Waals surface area contributed by atoms with Crippen LogP contribution in [0.3, 0.4) is 0 Å². The number of nitrogens with one attached hydrogen (secondary N) is 1. The summed E-state index contributed by atoms with van der Waals surface area (Å²) in [4.78, 5) is 32.7. The van der Waals surface area contributed by atoms with E-state index in [1.54, 1.807) is 35.0 Å². The fourth-order valence-electron chi connectivity index (χ4n) is 3.59. The molecule has 9 heteroatoms. The Hall–Kier alpha value is -3.16. The van der Waals surface area contributed by atoms with Gasteiger partial charge in [-0.2, -0.15) is 4.98 Å². The zero-order valence-electron chi connectivity index (χ0n) is 17.4. The molecule has 0 amide bonds. The van der Waals surface area contributed by atoms with Gasteiger partial charge in [0.2, 0.25) is 0 Å². The molecule has 2 aromatic rings. The first kappa shape index (κ1) is 22.0. The van der Waals surface area contributed by atoms with Crippen molar-refractivity contribution < 1.29 is 9.90 Å². The van der Waals surface area contributed by atoms with E-state index in [1.807, 2.05) is 26.0 Å². The normalized spacial score (nSPS) is 11.4. The van der Waals surface area contributed by atoms with E-state index < -0.39 is 5.97 Å². The molecular formula is C23H20Cl2N4O3. The van der Waals surface area contributed by atoms with E-state index in [0.717, 1.165) is 5.56 Å². The third-order valence-electron chi connectivity index (χ3n) is 5.10. The molecule has 0 atom stereocenters. The van der Waals surface area contributed by atoms with Crippen molar-refractivity contribution in [1.82, 2.24) is 19.7 Å². The highest BCUT2D eigenvalue weighted by molar-refractivity contribution is 6.37. The van der Waals surface area contributed by atoms with Crippen molar-refractivity contribution in [2.45, 2.75) is 32.6 Å². The Morgan fingerprint density at radius 3 is 2.28 bits per heavy atom. The number of hydrogen-bond donors (Lipinski definition) is 2. The summed E-state index contributed by atoms with van der Waals surface area (Å²) in [6.45, 7) is 3.94. The Bertz CT molecular complexity index is 1310. The van der Waals surface area contributed by atoms with Crippen LogP contribution in [0, 0.1) is 0 Å². The van der Waals surface area contributed by atoms with Crippen LogP contribution in [0.15, 0.2) is 47.3 Å². The number of rotatable bonds is 6. The maximum absolute atomic E-state index is 13.0. The number of aromatic amines is 1. The molecule has 0 aliphatic carbocycles. The molecule has 0 bridgehead atoms. The van der Waals surface area contributed by atoms with Crippen molar-refractivity contribution in [2.75, 3.05) is 0 Å². The molecule has 0 fully saturated rings. The van der Waals surface area contributed by atoms with Crippen molar-refractivity contribution in [3.05, 3.63) is 85.5 Å². The van der Waals surface area contributed by atoms with Gasteiger partial charge in [-0.15, -0.1) is 0 Å². The van der Waals surface area contributed by atoms with Crippen molar-refractivity contribution in [3.8, 4) is 17.1 Å². The Morgan fingerprint density at radius 2 is 1.69 bits per heavy atom. The van der Waals surface area contributed by atoms with Gasteiger partial charge in [0.1, 0.15) is 17.1 Å². The maximum Gasteiger partial charge on any atom is 0.307 e. The summed E-state index contributed by atoms with van der Waals surface area (Å²) in [6.07, 6.45) is 0.268. The minimum atomic E-state index is -0.890. The smallest absolute Gasteiger partial charge is 0.307 e. The first-order valence-electron chi connectivity index (χ1n) is 10.00. The van der Waals surface area contributed by atoms with E-state index in [2.05, 4.69) is 15.1 Å². The minimum absolute atomic E-state index is 0.0175. The highest BCUT2D eigenvalue weighted by Gasteiger charge is 2.26. The lowest BCUT2D eigenvalue weighted by Crippen LogP contribution is -2.18. The van der Waals surface area contributed by atoms with Gasteiger partial charge in [0, 0.05) is 6.42 Å². The second-order valence-corrected chi connectivity index (χ2v) is 8.61. The zero-order chi connectivity index (χ0) is 23.0. The minimum Gasteiger partial charge on any atom is -0.481 e. The van der Waals surface area contributed by atoms with Gasteiger partial charge in [-0.3, -0.25) is 14.7 Å². The molecule has 2 aliphatic rings. The van der Waals surface area contributed by atoms with Gasteiger partial charge in [0.25, 0.3) is 5.56 Å². The van der Waals surface area contributed by atoms with Gasteiger partial charge >= 0.3 is 5.97 Å². The molecule has 0 aromatic heterocycles. The molecule has 4 rings (SSSR count). The fraction of sp³-hybridized carbons (Fsp3) is 0.217. The van der Waals surface area contributed by atoms with E-state index >= 15 is 0 Å². The van der Waals surface area contributed by atoms with Crippen LogP contribution in [0.2, 0.25) is 10.0 Å². The highest BCUT2D eigenvalue weighted by atomic mass is 35.5. The number of H-pyrrole nitrogens is 1. The first-order chi connectivity index (χ1) is 15.2. The number of nitrogens with zero attached hydrogens (tertiary/aromatic N) is 3. The molecule has 32 heavy (non-hydrogen) atoms. The Morgan fingerprint density at radius 1 is 1.06 bits per heavy atom. The van der Waals surface area contributed by atoms with Crippen LogP contribution in [-0.2, 0) is 17.6 Å². The van der Waals surface area contributed by atoms with Crippen LogP contribution in [-0.4, -0.2) is 30.8 Å². The fourth-order valence-corrected chi connectivity index (χ4v) is 4.16. The molecule has 0 radical (unpaired) electrons. The first-order valence-corrected chi connectivity index (χ1v) is 10.8. The molecule has 0 unspecified atom stereocenters. The molecule has 2 aliphatic heterocycles. The van der Waals surface area contributed by atoms with Crippen molar-refractivity contribution >= 4 is 29.2 Å². The number of carbonyl (C=O) groups is 1. The quantitative estimate of drug-likeness (QED) is 0.424. The van der Waals surface area contributed by atoms with Gasteiger partial charge in [-0.05, 0) is 29.2 Å². The van der Waals surface area contributed by atoms with Gasteiger partial charge < -0.3 is 5.11 Å². The molecule has 0 saturated carbocycles. The van der Waals surface area contributed by atoms with Gasteiger partial charge in [0.05, 0.1) is 22.2 Å². The zero-order valence-corrected chi connectivity index (χ0v) is 18.9. The number of fused-ring (bicyclic) bond motifs is 1. The lowest BCUT2D eigenvalue weighted by atomic mass is 10.0. The SMILES string of the molecule is CC(C)c1[nH]n(-c2c(Cl)cccc2Cl)c2nc(Cc3ccc(CC(=O)O)cc3)nc(=O)c1-2. The summed E-state index contributed by atoms with van der Waals surface area (Å²) < 4.78 is 1.64. The van der Waals surface area contributed by atoms with E-state index in [-0.39, 0.29) is 17.9 Å². The summed E-state index contributed by atoms with van der Waals surface area (Å²) in [7, 11) is 0. The topological polar surface area (TPSA) is 101 Å². The van der Waals surface area contributed by atoms with Crippen LogP contribution in [0.5, 0.6) is 0 Å². The second kappa shape index (κ2) is 8.76. The Labute approximate surface area is 194 Å². The number of carboxylic acids is 1. The largest absolute Gasteiger partial charge is 0.481 e. The predicted molar refractivity (Wildman–Crippen MR) is 123 cm³/mol. The number of benzene rings is 2. The Balaban J connectivity index is 1.82. The summed E-state index contributed by atoms with van der Waals surface area (Å²) in [5.74, 6) is -0.122. The van der Waals surface area contributed by atoms with Crippen molar-refractivity contribution in [2.24, 2.45) is 0 Å². The number of carboxylic acid groups (broad SMARTS) is 1. The third-order valence-corrected chi connectivity index (χ3v) is 5.71. The molecule has 7 nitrogen and oxygen atoms in total. The number of aliphatic carboxylic acids is 1. The number of aromatic nitrogens is 4. The van der Waals surface area contributed by atoms with E-state index in [1.165, 1.54) is 0 Å². The molecule has 2 N–H and O–H groups in total. The average molecular weight is 471 g/mol. The summed E-state index contributed by atoms with van der Waals surface area (Å²) in [6, 6.07) is 12.3. The van der Waals surface area contributed by atoms with Gasteiger partial charge in [0.15, 0.2) is 5.82 Å². The van der Waals surface area contributed by atoms with Crippen LogP contribution < -0.4 is 5.56 Å². The standard InChI is InChI=1S/C23H20Cl2N4O3/c1-12(2)20-19-22(29(28-20)21-15(24)4-3-5-16(21)25)26-17(27-23(19)32)10-13-6-8-14(9-7-13)11-18(30)31/h3-9,12,28H,10-11H2,1-2H3,(H,30,31). The van der Waals surface area contributed by atoms with E-state index in [4.69, 9.17) is 28.3 Å². The summed E-state index contributed by atoms with van der Waals surface area (Å²) in [5, 5.41) is 13.0. The summed E-state index contributed by atoms with van der Waals surface area (Å²) in [5.41, 5.74) is 2.78. The molecule has 0 saturated heterocycles. The van der Waals surface area contributed by atoms with Gasteiger partial charge in [-0.1, -0.05) is 67.4 Å². The lowest BCUT2D eigenvalue weighted by molar-refractivity contribution is -0.136. The molecule has 164 valence electrons. The maximum atomic E-state index is 13.0. The molecule has 2 heterocycles. The number of para-hydroxylation sites is 1.